The van der Waals surface area contributed by atoms with Crippen molar-refractivity contribution in [2.24, 2.45) is 0 Å². The van der Waals surface area contributed by atoms with E-state index < -0.39 is 0 Å². The summed E-state index contributed by atoms with van der Waals surface area (Å²) in [5.74, 6) is 0.464. The van der Waals surface area contributed by atoms with Crippen LogP contribution in [0.4, 0.5) is 0 Å². The highest BCUT2D eigenvalue weighted by Crippen LogP contribution is 2.17. The van der Waals surface area contributed by atoms with Gasteiger partial charge in [0.2, 0.25) is 0 Å². The van der Waals surface area contributed by atoms with E-state index in [1.807, 2.05) is 19.1 Å². The maximum Gasteiger partial charge on any atom is 0.255 e. The molecule has 0 aliphatic carbocycles. The van der Waals surface area contributed by atoms with Gasteiger partial charge in [-0.05, 0) is 19.1 Å². The number of hydrogen-bond donors (Lipinski definition) is 1. The van der Waals surface area contributed by atoms with E-state index in [9.17, 15) is 4.79 Å². The van der Waals surface area contributed by atoms with Gasteiger partial charge in [-0.3, -0.25) is 4.79 Å². The average Bonchev–Trinajstić information content (AvgIpc) is 2.41. The molecule has 1 N–H and O–H groups in total. The molecule has 0 spiro atoms. The van der Waals surface area contributed by atoms with Crippen LogP contribution >= 0.6 is 15.9 Å². The number of ether oxygens (including phenoxy) is 2. The third-order valence-corrected chi connectivity index (χ3v) is 2.53. The van der Waals surface area contributed by atoms with Crippen molar-refractivity contribution in [1.82, 2.24) is 5.32 Å². The van der Waals surface area contributed by atoms with Gasteiger partial charge < -0.3 is 14.8 Å². The van der Waals surface area contributed by atoms with E-state index in [1.54, 1.807) is 12.1 Å². The van der Waals surface area contributed by atoms with Gasteiger partial charge in [-0.1, -0.05) is 28.1 Å². The first kappa shape index (κ1) is 15.0. The first-order valence-corrected chi connectivity index (χ1v) is 7.05. The third-order valence-electron chi connectivity index (χ3n) is 2.20. The number of hydrogen-bond acceptors (Lipinski definition) is 3. The largest absolute Gasteiger partial charge is 0.492 e. The zero-order chi connectivity index (χ0) is 13.2. The summed E-state index contributed by atoms with van der Waals surface area (Å²) in [5, 5.41) is 3.52. The van der Waals surface area contributed by atoms with Crippen LogP contribution in [-0.2, 0) is 4.74 Å². The van der Waals surface area contributed by atoms with Gasteiger partial charge in [0.15, 0.2) is 0 Å². The molecule has 1 rings (SSSR count). The predicted molar refractivity (Wildman–Crippen MR) is 74.6 cm³/mol. The molecule has 100 valence electrons. The van der Waals surface area contributed by atoms with Gasteiger partial charge in [-0.25, -0.2) is 0 Å². The molecular formula is C13H18BrNO3. The lowest BCUT2D eigenvalue weighted by Gasteiger charge is -2.10. The van der Waals surface area contributed by atoms with Gasteiger partial charge in [-0.15, -0.1) is 0 Å². The Morgan fingerprint density at radius 3 is 2.83 bits per heavy atom. The van der Waals surface area contributed by atoms with Crippen molar-refractivity contribution in [1.29, 1.82) is 0 Å². The van der Waals surface area contributed by atoms with Gasteiger partial charge in [0, 0.05) is 18.5 Å². The molecule has 4 nitrogen and oxygen atoms in total. The van der Waals surface area contributed by atoms with Crippen LogP contribution in [0.1, 0.15) is 17.3 Å². The maximum atomic E-state index is 11.9. The molecule has 18 heavy (non-hydrogen) atoms. The lowest BCUT2D eigenvalue weighted by molar-refractivity contribution is 0.0919. The van der Waals surface area contributed by atoms with E-state index in [4.69, 9.17) is 9.47 Å². The SMILES string of the molecule is CCOCCNC(=O)c1ccccc1OCCBr. The number of carbonyl (C=O) groups is 1. The summed E-state index contributed by atoms with van der Waals surface area (Å²) in [5.41, 5.74) is 0.551. The van der Waals surface area contributed by atoms with Crippen molar-refractivity contribution in [3.63, 3.8) is 0 Å². The first-order chi connectivity index (χ1) is 8.79. The van der Waals surface area contributed by atoms with E-state index in [0.717, 1.165) is 5.33 Å². The lowest BCUT2D eigenvalue weighted by Crippen LogP contribution is -2.27. The second kappa shape index (κ2) is 8.94. The molecule has 5 heteroatoms. The molecule has 1 amide bonds. The van der Waals surface area contributed by atoms with Crippen LogP contribution in [0.2, 0.25) is 0 Å². The van der Waals surface area contributed by atoms with Gasteiger partial charge in [0.25, 0.3) is 5.91 Å². The Balaban J connectivity index is 2.55. The summed E-state index contributed by atoms with van der Waals surface area (Å²) in [4.78, 5) is 11.9. The Morgan fingerprint density at radius 2 is 2.11 bits per heavy atom. The minimum atomic E-state index is -0.139. The standard InChI is InChI=1S/C13H18BrNO3/c1-2-17-10-8-15-13(16)11-5-3-4-6-12(11)18-9-7-14/h3-6H,2,7-10H2,1H3,(H,15,16). The summed E-state index contributed by atoms with van der Waals surface area (Å²) in [6, 6.07) is 7.21. The average molecular weight is 316 g/mol. The zero-order valence-corrected chi connectivity index (χ0v) is 12.0. The number of amides is 1. The minimum Gasteiger partial charge on any atom is -0.492 e. The van der Waals surface area contributed by atoms with Crippen molar-refractivity contribution in [3.8, 4) is 5.75 Å². The van der Waals surface area contributed by atoms with Crippen molar-refractivity contribution >= 4 is 21.8 Å². The molecule has 0 radical (unpaired) electrons. The molecule has 0 heterocycles. The third kappa shape index (κ3) is 5.06. The number of alkyl halides is 1. The molecule has 0 atom stereocenters. The number of para-hydroxylation sites is 1. The molecule has 0 saturated heterocycles. The molecule has 0 bridgehead atoms. The van der Waals surface area contributed by atoms with E-state index >= 15 is 0 Å². The number of halogens is 1. The van der Waals surface area contributed by atoms with Crippen LogP contribution < -0.4 is 10.1 Å². The van der Waals surface area contributed by atoms with E-state index in [1.165, 1.54) is 0 Å². The monoisotopic (exact) mass is 315 g/mol. The zero-order valence-electron chi connectivity index (χ0n) is 10.4. The molecule has 0 fully saturated rings. The van der Waals surface area contributed by atoms with E-state index in [0.29, 0.717) is 37.7 Å². The second-order valence-corrected chi connectivity index (χ2v) is 4.28. The van der Waals surface area contributed by atoms with E-state index in [2.05, 4.69) is 21.2 Å². The van der Waals surface area contributed by atoms with Gasteiger partial charge in [0.05, 0.1) is 18.8 Å². The summed E-state index contributed by atoms with van der Waals surface area (Å²) in [6.45, 7) is 4.13. The predicted octanol–water partition coefficient (Wildman–Crippen LogP) is 2.23. The summed E-state index contributed by atoms with van der Waals surface area (Å²) >= 11 is 3.29. The summed E-state index contributed by atoms with van der Waals surface area (Å²) in [7, 11) is 0. The maximum absolute atomic E-state index is 11.9. The first-order valence-electron chi connectivity index (χ1n) is 5.93. The number of nitrogens with one attached hydrogen (secondary N) is 1. The minimum absolute atomic E-state index is 0.139. The van der Waals surface area contributed by atoms with Crippen LogP contribution in [0.5, 0.6) is 5.75 Å². The Labute approximate surface area is 116 Å². The van der Waals surface area contributed by atoms with Gasteiger partial charge in [-0.2, -0.15) is 0 Å². The van der Waals surface area contributed by atoms with Crippen molar-refractivity contribution in [2.75, 3.05) is 31.7 Å². The molecule has 0 aromatic heterocycles. The van der Waals surface area contributed by atoms with Crippen LogP contribution in [0, 0.1) is 0 Å². The molecule has 0 saturated carbocycles. The van der Waals surface area contributed by atoms with Crippen LogP contribution in [0.25, 0.3) is 0 Å². The molecule has 0 unspecified atom stereocenters. The highest BCUT2D eigenvalue weighted by atomic mass is 79.9. The topological polar surface area (TPSA) is 47.6 Å². The number of carbonyl (C=O) groups excluding carboxylic acids is 1. The quantitative estimate of drug-likeness (QED) is 0.591. The molecule has 0 aliphatic heterocycles. The fourth-order valence-corrected chi connectivity index (χ4v) is 1.57. The van der Waals surface area contributed by atoms with Crippen LogP contribution in [0.3, 0.4) is 0 Å². The Bertz CT molecular complexity index is 371. The molecule has 0 aliphatic rings. The summed E-state index contributed by atoms with van der Waals surface area (Å²) < 4.78 is 10.7. The normalized spacial score (nSPS) is 10.1. The van der Waals surface area contributed by atoms with E-state index in [-0.39, 0.29) is 5.91 Å². The Hall–Kier alpha value is -1.07. The van der Waals surface area contributed by atoms with Crippen molar-refractivity contribution in [3.05, 3.63) is 29.8 Å². The van der Waals surface area contributed by atoms with Crippen molar-refractivity contribution < 1.29 is 14.3 Å². The molecule has 1 aromatic carbocycles. The highest BCUT2D eigenvalue weighted by Gasteiger charge is 2.10. The summed E-state index contributed by atoms with van der Waals surface area (Å²) in [6.07, 6.45) is 0. The number of rotatable bonds is 8. The van der Waals surface area contributed by atoms with Crippen LogP contribution in [-0.4, -0.2) is 37.6 Å². The fourth-order valence-electron chi connectivity index (χ4n) is 1.40. The Kier molecular flexibility index (Phi) is 7.44. The second-order valence-electron chi connectivity index (χ2n) is 3.49. The fraction of sp³-hybridized carbons (Fsp3) is 0.462. The van der Waals surface area contributed by atoms with Crippen molar-refractivity contribution in [2.45, 2.75) is 6.92 Å². The van der Waals surface area contributed by atoms with Crippen LogP contribution in [0.15, 0.2) is 24.3 Å². The molecule has 1 aromatic rings. The smallest absolute Gasteiger partial charge is 0.255 e. The Morgan fingerprint density at radius 1 is 1.33 bits per heavy atom. The lowest BCUT2D eigenvalue weighted by atomic mass is 10.2. The van der Waals surface area contributed by atoms with Gasteiger partial charge >= 0.3 is 0 Å². The highest BCUT2D eigenvalue weighted by molar-refractivity contribution is 9.09. The van der Waals surface area contributed by atoms with Gasteiger partial charge in [0.1, 0.15) is 5.75 Å². The number of benzene rings is 1. The molecular weight excluding hydrogens is 298 g/mol.